The molecular weight excluding hydrogens is 344 g/mol. The summed E-state index contributed by atoms with van der Waals surface area (Å²) in [6, 6.07) is 16.4. The van der Waals surface area contributed by atoms with E-state index in [2.05, 4.69) is 11.7 Å². The summed E-state index contributed by atoms with van der Waals surface area (Å²) in [7, 11) is 0. The van der Waals surface area contributed by atoms with Crippen LogP contribution in [-0.2, 0) is 11.1 Å². The van der Waals surface area contributed by atoms with Crippen molar-refractivity contribution in [1.82, 2.24) is 9.78 Å². The highest BCUT2D eigenvalue weighted by atomic mass is 35.5. The minimum absolute atomic E-state index is 0.349. The van der Waals surface area contributed by atoms with E-state index in [9.17, 15) is 4.21 Å². The van der Waals surface area contributed by atoms with Crippen molar-refractivity contribution in [2.45, 2.75) is 11.8 Å². The molecule has 0 aliphatic heterocycles. The van der Waals surface area contributed by atoms with Gasteiger partial charge in [0, 0.05) is 11.6 Å². The van der Waals surface area contributed by atoms with E-state index >= 15 is 0 Å². The van der Waals surface area contributed by atoms with Crippen LogP contribution in [0.3, 0.4) is 0 Å². The Morgan fingerprint density at radius 3 is 2.33 bits per heavy atom. The summed E-state index contributed by atoms with van der Waals surface area (Å²) in [6.07, 6.45) is 0. The van der Waals surface area contributed by atoms with Gasteiger partial charge in [-0.3, -0.25) is 0 Å². The standard InChI is InChI=1S/C18H15ClN2O2S/c1-12(2)13-3-7-15(8-4-13)21-17(11-18(19)20-21)14-5-9-16(10-6-14)24(22)23/h3-11H,1H2,2H3,(H,22,23). The second kappa shape index (κ2) is 6.73. The van der Waals surface area contributed by atoms with Crippen LogP contribution in [0.2, 0.25) is 5.15 Å². The molecule has 24 heavy (non-hydrogen) atoms. The van der Waals surface area contributed by atoms with Crippen molar-refractivity contribution in [3.63, 3.8) is 0 Å². The molecule has 0 fully saturated rings. The van der Waals surface area contributed by atoms with Gasteiger partial charge < -0.3 is 4.55 Å². The molecule has 1 atom stereocenters. The lowest BCUT2D eigenvalue weighted by Gasteiger charge is -2.09. The molecule has 3 rings (SSSR count). The van der Waals surface area contributed by atoms with E-state index in [1.54, 1.807) is 35.0 Å². The van der Waals surface area contributed by atoms with Gasteiger partial charge in [0.1, 0.15) is 0 Å². The molecule has 0 aliphatic rings. The molecule has 0 spiro atoms. The van der Waals surface area contributed by atoms with Crippen LogP contribution in [0.4, 0.5) is 0 Å². The molecule has 0 saturated carbocycles. The van der Waals surface area contributed by atoms with Crippen molar-refractivity contribution >= 4 is 28.3 Å². The van der Waals surface area contributed by atoms with Crippen molar-refractivity contribution in [3.8, 4) is 16.9 Å². The summed E-state index contributed by atoms with van der Waals surface area (Å²) in [5.74, 6) is 0. The van der Waals surface area contributed by atoms with Crippen LogP contribution in [-0.4, -0.2) is 18.5 Å². The second-order valence-electron chi connectivity index (χ2n) is 5.36. The van der Waals surface area contributed by atoms with Crippen LogP contribution in [0.5, 0.6) is 0 Å². The van der Waals surface area contributed by atoms with Gasteiger partial charge in [-0.1, -0.05) is 48.0 Å². The van der Waals surface area contributed by atoms with E-state index in [0.717, 1.165) is 28.1 Å². The van der Waals surface area contributed by atoms with E-state index in [1.807, 2.05) is 31.2 Å². The number of rotatable bonds is 4. The summed E-state index contributed by atoms with van der Waals surface area (Å²) in [5.41, 5.74) is 4.59. The third-order valence-corrected chi connectivity index (χ3v) is 4.50. The Balaban J connectivity index is 2.04. The second-order valence-corrected chi connectivity index (χ2v) is 6.72. The van der Waals surface area contributed by atoms with Gasteiger partial charge in [-0.15, -0.1) is 0 Å². The molecule has 4 nitrogen and oxygen atoms in total. The highest BCUT2D eigenvalue weighted by molar-refractivity contribution is 7.79. The molecule has 0 amide bonds. The van der Waals surface area contributed by atoms with Crippen LogP contribution < -0.4 is 0 Å². The molecule has 3 aromatic rings. The van der Waals surface area contributed by atoms with Crippen molar-refractivity contribution in [2.24, 2.45) is 0 Å². The molecular formula is C18H15ClN2O2S. The van der Waals surface area contributed by atoms with Crippen LogP contribution >= 0.6 is 11.6 Å². The molecule has 122 valence electrons. The number of allylic oxidation sites excluding steroid dienone is 1. The van der Waals surface area contributed by atoms with Crippen molar-refractivity contribution in [2.75, 3.05) is 0 Å². The fourth-order valence-electron chi connectivity index (χ4n) is 2.38. The predicted molar refractivity (Wildman–Crippen MR) is 97.8 cm³/mol. The zero-order chi connectivity index (χ0) is 17.3. The van der Waals surface area contributed by atoms with Crippen LogP contribution in [0, 0.1) is 0 Å². The minimum Gasteiger partial charge on any atom is -0.302 e. The lowest BCUT2D eigenvalue weighted by atomic mass is 10.1. The zero-order valence-electron chi connectivity index (χ0n) is 12.9. The average Bonchev–Trinajstić information content (AvgIpc) is 2.97. The number of hydrogen-bond donors (Lipinski definition) is 1. The summed E-state index contributed by atoms with van der Waals surface area (Å²) < 4.78 is 22.0. The van der Waals surface area contributed by atoms with Crippen molar-refractivity contribution in [3.05, 3.63) is 71.9 Å². The molecule has 1 unspecified atom stereocenters. The third-order valence-electron chi connectivity index (χ3n) is 3.64. The number of benzene rings is 2. The first-order valence-electron chi connectivity index (χ1n) is 7.19. The summed E-state index contributed by atoms with van der Waals surface area (Å²) in [6.45, 7) is 5.89. The maximum atomic E-state index is 11.1. The SMILES string of the molecule is C=C(C)c1ccc(-n2nc(Cl)cc2-c2ccc(S(=O)O)cc2)cc1. The first-order chi connectivity index (χ1) is 11.5. The van der Waals surface area contributed by atoms with E-state index in [0.29, 0.717) is 10.0 Å². The smallest absolute Gasteiger partial charge is 0.186 e. The van der Waals surface area contributed by atoms with Crippen molar-refractivity contribution in [1.29, 1.82) is 0 Å². The van der Waals surface area contributed by atoms with Crippen LogP contribution in [0.1, 0.15) is 12.5 Å². The Kier molecular flexibility index (Phi) is 4.66. The summed E-state index contributed by atoms with van der Waals surface area (Å²) >= 11 is 4.10. The maximum Gasteiger partial charge on any atom is 0.186 e. The van der Waals surface area contributed by atoms with Gasteiger partial charge in [0.2, 0.25) is 0 Å². The Morgan fingerprint density at radius 1 is 1.17 bits per heavy atom. The molecule has 2 aromatic carbocycles. The number of halogens is 1. The molecule has 0 bridgehead atoms. The fourth-order valence-corrected chi connectivity index (χ4v) is 2.93. The van der Waals surface area contributed by atoms with Gasteiger partial charge in [0.05, 0.1) is 16.3 Å². The Labute approximate surface area is 147 Å². The molecule has 0 saturated heterocycles. The average molecular weight is 359 g/mol. The van der Waals surface area contributed by atoms with E-state index in [-0.39, 0.29) is 0 Å². The molecule has 1 N–H and O–H groups in total. The molecule has 0 aliphatic carbocycles. The number of nitrogens with zero attached hydrogens (tertiary/aromatic N) is 2. The Bertz CT molecular complexity index is 840. The normalized spacial score (nSPS) is 12.1. The van der Waals surface area contributed by atoms with Gasteiger partial charge in [-0.25, -0.2) is 8.89 Å². The van der Waals surface area contributed by atoms with Gasteiger partial charge in [0.15, 0.2) is 16.2 Å². The van der Waals surface area contributed by atoms with Crippen LogP contribution in [0.25, 0.3) is 22.5 Å². The van der Waals surface area contributed by atoms with E-state index < -0.39 is 11.1 Å². The topological polar surface area (TPSA) is 55.1 Å². The highest BCUT2D eigenvalue weighted by Gasteiger charge is 2.11. The molecule has 1 heterocycles. The number of hydrogen-bond acceptors (Lipinski definition) is 2. The van der Waals surface area contributed by atoms with Gasteiger partial charge >= 0.3 is 0 Å². The van der Waals surface area contributed by atoms with Crippen LogP contribution in [0.15, 0.2) is 66.1 Å². The zero-order valence-corrected chi connectivity index (χ0v) is 14.5. The highest BCUT2D eigenvalue weighted by Crippen LogP contribution is 2.27. The summed E-state index contributed by atoms with van der Waals surface area (Å²) in [4.78, 5) is 0.349. The maximum absolute atomic E-state index is 11.1. The van der Waals surface area contributed by atoms with E-state index in [1.165, 1.54) is 0 Å². The Morgan fingerprint density at radius 2 is 1.79 bits per heavy atom. The first kappa shape index (κ1) is 16.6. The minimum atomic E-state index is -1.99. The number of aromatic nitrogens is 2. The van der Waals surface area contributed by atoms with E-state index in [4.69, 9.17) is 16.2 Å². The van der Waals surface area contributed by atoms with Gasteiger partial charge in [-0.2, -0.15) is 5.10 Å². The molecule has 0 radical (unpaired) electrons. The fraction of sp³-hybridized carbons (Fsp3) is 0.0556. The third kappa shape index (κ3) is 3.33. The lowest BCUT2D eigenvalue weighted by molar-refractivity contribution is 0.564. The van der Waals surface area contributed by atoms with Gasteiger partial charge in [0.25, 0.3) is 0 Å². The monoisotopic (exact) mass is 358 g/mol. The Hall–Kier alpha value is -2.21. The summed E-state index contributed by atoms with van der Waals surface area (Å²) in [5, 5.41) is 4.72. The quantitative estimate of drug-likeness (QED) is 0.681. The first-order valence-corrected chi connectivity index (χ1v) is 8.67. The molecule has 1 aromatic heterocycles. The largest absolute Gasteiger partial charge is 0.302 e. The lowest BCUT2D eigenvalue weighted by Crippen LogP contribution is -1.99. The van der Waals surface area contributed by atoms with Crippen molar-refractivity contribution < 1.29 is 8.76 Å². The van der Waals surface area contributed by atoms with Gasteiger partial charge in [-0.05, 0) is 36.8 Å². The predicted octanol–water partition coefficient (Wildman–Crippen LogP) is 4.81. The molecule has 6 heteroatoms.